The highest BCUT2D eigenvalue weighted by atomic mass is 32.1. The van der Waals surface area contributed by atoms with Crippen LogP contribution in [0.4, 0.5) is 0 Å². The van der Waals surface area contributed by atoms with Gasteiger partial charge in [0, 0.05) is 0 Å². The molecule has 1 aromatic rings. The smallest absolute Gasteiger partial charge is 0.348 e. The van der Waals surface area contributed by atoms with E-state index in [1.807, 2.05) is 0 Å². The van der Waals surface area contributed by atoms with Crippen molar-refractivity contribution in [2.75, 3.05) is 7.11 Å². The third-order valence-corrected chi connectivity index (χ3v) is 2.33. The van der Waals surface area contributed by atoms with Crippen molar-refractivity contribution in [2.24, 2.45) is 0 Å². The van der Waals surface area contributed by atoms with Gasteiger partial charge in [0.15, 0.2) is 0 Å². The first-order valence-electron chi connectivity index (χ1n) is 3.57. The van der Waals surface area contributed by atoms with Crippen LogP contribution in [0.15, 0.2) is 17.5 Å². The molecule has 0 amide bonds. The van der Waals surface area contributed by atoms with E-state index >= 15 is 0 Å². The Balaban J connectivity index is 2.95. The normalized spacial score (nSPS) is 10.2. The molecule has 0 aliphatic heterocycles. The summed E-state index contributed by atoms with van der Waals surface area (Å²) in [7, 11) is 1.33. The number of esters is 1. The monoisotopic (exact) mass is 196 g/mol. The van der Waals surface area contributed by atoms with Crippen molar-refractivity contribution < 1.29 is 14.3 Å². The number of carbonyl (C=O) groups excluding carboxylic acids is 2. The molecule has 0 bridgehead atoms. The summed E-state index contributed by atoms with van der Waals surface area (Å²) in [6, 6.07) is 1.76. The molecule has 0 fully saturated rings. The molecule has 1 heterocycles. The van der Waals surface area contributed by atoms with Crippen LogP contribution in [-0.4, -0.2) is 19.4 Å². The van der Waals surface area contributed by atoms with Crippen molar-refractivity contribution in [2.45, 2.75) is 0 Å². The van der Waals surface area contributed by atoms with E-state index < -0.39 is 0 Å². The number of methoxy groups -OCH3 is 1. The minimum Gasteiger partial charge on any atom is -0.465 e. The molecule has 4 heteroatoms. The first-order chi connectivity index (χ1) is 6.29. The lowest BCUT2D eigenvalue weighted by Gasteiger charge is -1.95. The van der Waals surface area contributed by atoms with Crippen LogP contribution in [0.3, 0.4) is 0 Å². The number of rotatable bonds is 3. The number of hydrogen-bond acceptors (Lipinski definition) is 4. The molecule has 0 radical (unpaired) electrons. The molecule has 0 aliphatic rings. The Morgan fingerprint density at radius 2 is 2.38 bits per heavy atom. The predicted molar refractivity (Wildman–Crippen MR) is 50.8 cm³/mol. The van der Waals surface area contributed by atoms with Crippen molar-refractivity contribution in [3.63, 3.8) is 0 Å². The van der Waals surface area contributed by atoms with E-state index in [-0.39, 0.29) is 5.97 Å². The van der Waals surface area contributed by atoms with Gasteiger partial charge in [-0.1, -0.05) is 6.08 Å². The van der Waals surface area contributed by atoms with E-state index in [2.05, 4.69) is 4.74 Å². The quantitative estimate of drug-likeness (QED) is 0.420. The Hall–Kier alpha value is -1.42. The average Bonchev–Trinajstić information content (AvgIpc) is 2.61. The number of thiophene rings is 1. The van der Waals surface area contributed by atoms with Crippen molar-refractivity contribution >= 4 is 29.7 Å². The second kappa shape index (κ2) is 4.57. The summed E-state index contributed by atoms with van der Waals surface area (Å²) >= 11 is 1.29. The first kappa shape index (κ1) is 9.67. The van der Waals surface area contributed by atoms with Gasteiger partial charge < -0.3 is 4.74 Å². The summed E-state index contributed by atoms with van der Waals surface area (Å²) in [6.45, 7) is 0. The highest BCUT2D eigenvalue weighted by Crippen LogP contribution is 2.18. The maximum Gasteiger partial charge on any atom is 0.348 e. The van der Waals surface area contributed by atoms with Crippen LogP contribution in [0.1, 0.15) is 15.2 Å². The number of allylic oxidation sites excluding steroid dienone is 1. The van der Waals surface area contributed by atoms with E-state index in [1.165, 1.54) is 24.5 Å². The van der Waals surface area contributed by atoms with Crippen molar-refractivity contribution in [1.82, 2.24) is 0 Å². The van der Waals surface area contributed by atoms with E-state index in [0.29, 0.717) is 16.7 Å². The van der Waals surface area contributed by atoms with E-state index in [1.54, 1.807) is 17.5 Å². The lowest BCUT2D eigenvalue weighted by atomic mass is 10.2. The molecule has 0 unspecified atom stereocenters. The predicted octanol–water partition coefficient (Wildman–Crippen LogP) is 1.75. The standard InChI is InChI=1S/C9H8O3S/c1-12-9(11)8-7(3-2-5-10)4-6-13-8/h2-6H,1H3. The molecular formula is C9H8O3S. The Morgan fingerprint density at radius 3 is 3.00 bits per heavy atom. The van der Waals surface area contributed by atoms with Crippen LogP contribution in [0, 0.1) is 0 Å². The highest BCUT2D eigenvalue weighted by Gasteiger charge is 2.10. The van der Waals surface area contributed by atoms with Crippen LogP contribution in [0.5, 0.6) is 0 Å². The maximum atomic E-state index is 11.1. The maximum absolute atomic E-state index is 11.1. The van der Waals surface area contributed by atoms with Crippen LogP contribution < -0.4 is 0 Å². The van der Waals surface area contributed by atoms with Crippen LogP contribution in [0.2, 0.25) is 0 Å². The van der Waals surface area contributed by atoms with Gasteiger partial charge in [-0.3, -0.25) is 4.79 Å². The van der Waals surface area contributed by atoms with E-state index in [4.69, 9.17) is 0 Å². The fourth-order valence-corrected chi connectivity index (χ4v) is 1.65. The first-order valence-corrected chi connectivity index (χ1v) is 4.45. The topological polar surface area (TPSA) is 43.4 Å². The van der Waals surface area contributed by atoms with Crippen molar-refractivity contribution in [3.05, 3.63) is 28.0 Å². The zero-order chi connectivity index (χ0) is 9.68. The minimum absolute atomic E-state index is 0.374. The summed E-state index contributed by atoms with van der Waals surface area (Å²) in [6.07, 6.45) is 3.59. The highest BCUT2D eigenvalue weighted by molar-refractivity contribution is 7.12. The summed E-state index contributed by atoms with van der Waals surface area (Å²) in [5.41, 5.74) is 0.712. The van der Waals surface area contributed by atoms with Gasteiger partial charge >= 0.3 is 5.97 Å². The average molecular weight is 196 g/mol. The van der Waals surface area contributed by atoms with Gasteiger partial charge in [0.05, 0.1) is 7.11 Å². The van der Waals surface area contributed by atoms with Gasteiger partial charge in [0.25, 0.3) is 0 Å². The molecule has 3 nitrogen and oxygen atoms in total. The fourth-order valence-electron chi connectivity index (χ4n) is 0.852. The molecule has 0 saturated heterocycles. The Bertz CT molecular complexity index is 338. The van der Waals surface area contributed by atoms with Crippen LogP contribution in [0.25, 0.3) is 6.08 Å². The molecular weight excluding hydrogens is 188 g/mol. The second-order valence-electron chi connectivity index (χ2n) is 2.19. The van der Waals surface area contributed by atoms with Gasteiger partial charge in [0.1, 0.15) is 11.2 Å². The van der Waals surface area contributed by atoms with Gasteiger partial charge in [-0.2, -0.15) is 0 Å². The fraction of sp³-hybridized carbons (Fsp3) is 0.111. The third-order valence-electron chi connectivity index (χ3n) is 1.42. The molecule has 0 aliphatic carbocycles. The van der Waals surface area contributed by atoms with Crippen molar-refractivity contribution in [3.8, 4) is 0 Å². The molecule has 0 atom stereocenters. The number of aldehydes is 1. The largest absolute Gasteiger partial charge is 0.465 e. The minimum atomic E-state index is -0.374. The van der Waals surface area contributed by atoms with Crippen LogP contribution in [-0.2, 0) is 9.53 Å². The summed E-state index contributed by atoms with van der Waals surface area (Å²) in [4.78, 5) is 21.7. The SMILES string of the molecule is COC(=O)c1sccc1C=CC=O. The lowest BCUT2D eigenvalue weighted by molar-refractivity contribution is -0.104. The zero-order valence-corrected chi connectivity index (χ0v) is 7.84. The van der Waals surface area contributed by atoms with Gasteiger partial charge in [-0.25, -0.2) is 4.79 Å². The molecule has 0 spiro atoms. The number of carbonyl (C=O) groups is 2. The molecule has 13 heavy (non-hydrogen) atoms. The van der Waals surface area contributed by atoms with E-state index in [0.717, 1.165) is 0 Å². The molecule has 68 valence electrons. The second-order valence-corrected chi connectivity index (χ2v) is 3.11. The Kier molecular flexibility index (Phi) is 3.40. The van der Waals surface area contributed by atoms with Gasteiger partial charge in [0.2, 0.25) is 0 Å². The summed E-state index contributed by atoms with van der Waals surface area (Å²) in [5, 5.41) is 1.77. The van der Waals surface area contributed by atoms with E-state index in [9.17, 15) is 9.59 Å². The molecule has 1 aromatic heterocycles. The van der Waals surface area contributed by atoms with Gasteiger partial charge in [-0.15, -0.1) is 11.3 Å². The number of hydrogen-bond donors (Lipinski definition) is 0. The molecule has 0 saturated carbocycles. The third kappa shape index (κ3) is 2.26. The molecule has 0 N–H and O–H groups in total. The zero-order valence-electron chi connectivity index (χ0n) is 7.02. The van der Waals surface area contributed by atoms with Crippen molar-refractivity contribution in [1.29, 1.82) is 0 Å². The Morgan fingerprint density at radius 1 is 1.62 bits per heavy atom. The summed E-state index contributed by atoms with van der Waals surface area (Å²) in [5.74, 6) is -0.374. The molecule has 1 rings (SSSR count). The van der Waals surface area contributed by atoms with Gasteiger partial charge in [-0.05, 0) is 23.1 Å². The van der Waals surface area contributed by atoms with Crippen LogP contribution >= 0.6 is 11.3 Å². The lowest BCUT2D eigenvalue weighted by Crippen LogP contribution is -1.99. The Labute approximate surface area is 79.6 Å². The summed E-state index contributed by atoms with van der Waals surface area (Å²) < 4.78 is 4.56. The number of ether oxygens (including phenoxy) is 1. The molecule has 0 aromatic carbocycles.